The van der Waals surface area contributed by atoms with Crippen molar-refractivity contribution < 1.29 is 9.59 Å². The Morgan fingerprint density at radius 1 is 1.03 bits per heavy atom. The molecule has 0 unspecified atom stereocenters. The number of para-hydroxylation sites is 1. The number of nitrogens with one attached hydrogen (secondary N) is 2. The van der Waals surface area contributed by atoms with Crippen molar-refractivity contribution >= 4 is 17.5 Å². The second-order valence-corrected chi connectivity index (χ2v) is 8.78. The third kappa shape index (κ3) is 6.09. The van der Waals surface area contributed by atoms with E-state index in [2.05, 4.69) is 21.9 Å². The minimum absolute atomic E-state index is 0.0682. The van der Waals surface area contributed by atoms with E-state index in [1.807, 2.05) is 54.1 Å². The van der Waals surface area contributed by atoms with Crippen molar-refractivity contribution in [3.63, 3.8) is 0 Å². The van der Waals surface area contributed by atoms with E-state index in [9.17, 15) is 9.59 Å². The van der Waals surface area contributed by atoms with E-state index in [1.54, 1.807) is 12.1 Å². The van der Waals surface area contributed by atoms with Gasteiger partial charge in [0.25, 0.3) is 5.91 Å². The van der Waals surface area contributed by atoms with Gasteiger partial charge in [-0.3, -0.25) is 9.59 Å². The molecule has 0 spiro atoms. The second-order valence-electron chi connectivity index (χ2n) is 8.78. The number of hydrogen-bond donors (Lipinski definition) is 2. The quantitative estimate of drug-likeness (QED) is 0.477. The fourth-order valence-electron chi connectivity index (χ4n) is 4.38. The third-order valence-electron chi connectivity index (χ3n) is 6.30. The Morgan fingerprint density at radius 3 is 2.61 bits per heavy atom. The van der Waals surface area contributed by atoms with Crippen molar-refractivity contribution in [2.45, 2.75) is 51.9 Å². The van der Waals surface area contributed by atoms with Crippen LogP contribution in [-0.4, -0.2) is 28.1 Å². The van der Waals surface area contributed by atoms with Gasteiger partial charge in [-0.1, -0.05) is 43.5 Å². The fraction of sp³-hybridized carbons (Fsp3) is 0.370. The lowest BCUT2D eigenvalue weighted by molar-refractivity contribution is -0.120. The van der Waals surface area contributed by atoms with Crippen molar-refractivity contribution in [1.29, 1.82) is 0 Å². The summed E-state index contributed by atoms with van der Waals surface area (Å²) in [5, 5.41) is 10.6. The molecule has 0 aliphatic heterocycles. The lowest BCUT2D eigenvalue weighted by Crippen LogP contribution is -2.26. The van der Waals surface area contributed by atoms with Crippen LogP contribution in [0.4, 0.5) is 5.69 Å². The van der Waals surface area contributed by atoms with Gasteiger partial charge in [-0.25, -0.2) is 4.68 Å². The molecule has 1 fully saturated rings. The van der Waals surface area contributed by atoms with Gasteiger partial charge in [0.15, 0.2) is 0 Å². The largest absolute Gasteiger partial charge is 0.352 e. The molecule has 0 saturated heterocycles. The Morgan fingerprint density at radius 2 is 1.82 bits per heavy atom. The summed E-state index contributed by atoms with van der Waals surface area (Å²) in [7, 11) is 0. The van der Waals surface area contributed by atoms with Gasteiger partial charge in [0, 0.05) is 29.9 Å². The van der Waals surface area contributed by atoms with Crippen LogP contribution in [0.25, 0.3) is 5.69 Å². The van der Waals surface area contributed by atoms with Crippen molar-refractivity contribution in [1.82, 2.24) is 15.1 Å². The Balaban J connectivity index is 1.26. The average molecular weight is 445 g/mol. The van der Waals surface area contributed by atoms with E-state index >= 15 is 0 Å². The average Bonchev–Trinajstić information content (AvgIpc) is 3.23. The number of aryl methyl sites for hydroxylation is 2. The predicted octanol–water partition coefficient (Wildman–Crippen LogP) is 5.06. The van der Waals surface area contributed by atoms with Gasteiger partial charge in [0.05, 0.1) is 11.4 Å². The number of rotatable bonds is 8. The van der Waals surface area contributed by atoms with E-state index in [0.29, 0.717) is 17.8 Å². The molecule has 6 heteroatoms. The standard InChI is InChI=1S/C27H32N4O2/c1-20-23(19-31(30-20)25-15-6-3-7-16-25)13-9-17-28-26(32)22-12-8-14-24(18-22)29-27(33)21-10-4-2-5-11-21/h3,6-8,12,14-16,18-19,21H,2,4-5,9-11,13,17H2,1H3,(H,28,32)(H,29,33). The molecule has 1 aromatic heterocycles. The summed E-state index contributed by atoms with van der Waals surface area (Å²) in [6, 6.07) is 17.2. The molecule has 0 bridgehead atoms. The SMILES string of the molecule is Cc1nn(-c2ccccc2)cc1CCCNC(=O)c1cccc(NC(=O)C2CCCCC2)c1. The Bertz CT molecular complexity index is 1080. The molecule has 0 radical (unpaired) electrons. The molecule has 172 valence electrons. The Hall–Kier alpha value is -3.41. The van der Waals surface area contributed by atoms with E-state index < -0.39 is 0 Å². The van der Waals surface area contributed by atoms with Crippen LogP contribution < -0.4 is 10.6 Å². The molecule has 1 heterocycles. The number of carbonyl (C=O) groups excluding carboxylic acids is 2. The first-order chi connectivity index (χ1) is 16.1. The van der Waals surface area contributed by atoms with Crippen molar-refractivity contribution in [2.24, 2.45) is 5.92 Å². The molecule has 33 heavy (non-hydrogen) atoms. The smallest absolute Gasteiger partial charge is 0.251 e. The fourth-order valence-corrected chi connectivity index (χ4v) is 4.38. The minimum Gasteiger partial charge on any atom is -0.352 e. The summed E-state index contributed by atoms with van der Waals surface area (Å²) in [5.74, 6) is 0.0325. The topological polar surface area (TPSA) is 76.0 Å². The van der Waals surface area contributed by atoms with E-state index in [4.69, 9.17) is 0 Å². The maximum Gasteiger partial charge on any atom is 0.251 e. The number of hydrogen-bond acceptors (Lipinski definition) is 3. The van der Waals surface area contributed by atoms with Gasteiger partial charge in [0.2, 0.25) is 5.91 Å². The summed E-state index contributed by atoms with van der Waals surface area (Å²) >= 11 is 0. The molecule has 0 atom stereocenters. The first-order valence-electron chi connectivity index (χ1n) is 11.9. The van der Waals surface area contributed by atoms with Gasteiger partial charge < -0.3 is 10.6 Å². The van der Waals surface area contributed by atoms with Crippen LogP contribution in [0, 0.1) is 12.8 Å². The summed E-state index contributed by atoms with van der Waals surface area (Å²) in [5.41, 5.74) is 4.47. The molecule has 1 aliphatic carbocycles. The van der Waals surface area contributed by atoms with Crippen LogP contribution in [-0.2, 0) is 11.2 Å². The zero-order valence-corrected chi connectivity index (χ0v) is 19.2. The van der Waals surface area contributed by atoms with Crippen molar-refractivity contribution in [3.05, 3.63) is 77.6 Å². The highest BCUT2D eigenvalue weighted by molar-refractivity contribution is 5.97. The third-order valence-corrected chi connectivity index (χ3v) is 6.30. The summed E-state index contributed by atoms with van der Waals surface area (Å²) < 4.78 is 1.90. The molecular weight excluding hydrogens is 412 g/mol. The Labute approximate surface area is 195 Å². The predicted molar refractivity (Wildman–Crippen MR) is 131 cm³/mol. The molecule has 2 aromatic carbocycles. The zero-order chi connectivity index (χ0) is 23.0. The summed E-state index contributed by atoms with van der Waals surface area (Å²) in [4.78, 5) is 25.1. The summed E-state index contributed by atoms with van der Waals surface area (Å²) in [6.07, 6.45) is 9.09. The first kappa shape index (κ1) is 22.8. The van der Waals surface area contributed by atoms with Gasteiger partial charge in [-0.15, -0.1) is 0 Å². The van der Waals surface area contributed by atoms with Crippen LogP contribution in [0.2, 0.25) is 0 Å². The van der Waals surface area contributed by atoms with Gasteiger partial charge in [-0.2, -0.15) is 5.10 Å². The number of nitrogens with zero attached hydrogens (tertiary/aromatic N) is 2. The lowest BCUT2D eigenvalue weighted by Gasteiger charge is -2.20. The maximum atomic E-state index is 12.6. The van der Waals surface area contributed by atoms with E-state index in [0.717, 1.165) is 49.9 Å². The van der Waals surface area contributed by atoms with E-state index in [-0.39, 0.29) is 17.7 Å². The minimum atomic E-state index is -0.125. The molecule has 2 amide bonds. The van der Waals surface area contributed by atoms with E-state index in [1.165, 1.54) is 12.0 Å². The van der Waals surface area contributed by atoms with Crippen LogP contribution in [0.15, 0.2) is 60.8 Å². The number of benzene rings is 2. The van der Waals surface area contributed by atoms with Crippen molar-refractivity contribution in [2.75, 3.05) is 11.9 Å². The Kier molecular flexibility index (Phi) is 7.55. The molecule has 1 aliphatic rings. The second kappa shape index (κ2) is 10.9. The van der Waals surface area contributed by atoms with Crippen LogP contribution in [0.3, 0.4) is 0 Å². The number of anilines is 1. The van der Waals surface area contributed by atoms with Gasteiger partial charge >= 0.3 is 0 Å². The van der Waals surface area contributed by atoms with Crippen LogP contribution in [0.5, 0.6) is 0 Å². The lowest BCUT2D eigenvalue weighted by atomic mass is 9.88. The van der Waals surface area contributed by atoms with Crippen LogP contribution >= 0.6 is 0 Å². The highest BCUT2D eigenvalue weighted by Crippen LogP contribution is 2.25. The zero-order valence-electron chi connectivity index (χ0n) is 19.2. The number of aromatic nitrogens is 2. The normalized spacial score (nSPS) is 14.1. The van der Waals surface area contributed by atoms with Crippen molar-refractivity contribution in [3.8, 4) is 5.69 Å². The number of amides is 2. The van der Waals surface area contributed by atoms with Gasteiger partial charge in [-0.05, 0) is 68.5 Å². The van der Waals surface area contributed by atoms with Gasteiger partial charge in [0.1, 0.15) is 0 Å². The maximum absolute atomic E-state index is 12.6. The monoisotopic (exact) mass is 444 g/mol. The molecule has 3 aromatic rings. The molecule has 4 rings (SSSR count). The highest BCUT2D eigenvalue weighted by Gasteiger charge is 2.21. The molecular formula is C27H32N4O2. The number of carbonyl (C=O) groups is 2. The highest BCUT2D eigenvalue weighted by atomic mass is 16.2. The van der Waals surface area contributed by atoms with Crippen LogP contribution in [0.1, 0.15) is 60.1 Å². The molecule has 2 N–H and O–H groups in total. The molecule has 1 saturated carbocycles. The first-order valence-corrected chi connectivity index (χ1v) is 11.9. The molecule has 6 nitrogen and oxygen atoms in total. The summed E-state index contributed by atoms with van der Waals surface area (Å²) in [6.45, 7) is 2.59.